The number of aryl methyl sites for hydroxylation is 1. The molecule has 0 spiro atoms. The summed E-state index contributed by atoms with van der Waals surface area (Å²) in [5.74, 6) is 0.949. The number of rotatable bonds is 7. The van der Waals surface area contributed by atoms with Gasteiger partial charge in [0.25, 0.3) is 5.91 Å². The van der Waals surface area contributed by atoms with Crippen LogP contribution in [-0.4, -0.2) is 30.9 Å². The van der Waals surface area contributed by atoms with E-state index in [2.05, 4.69) is 10.3 Å². The largest absolute Gasteiger partial charge is 0.497 e. The molecule has 186 valence electrons. The molecular weight excluding hydrogens is 490 g/mol. The van der Waals surface area contributed by atoms with Gasteiger partial charge >= 0.3 is 0 Å². The van der Waals surface area contributed by atoms with Crippen molar-refractivity contribution in [2.45, 2.75) is 6.92 Å². The Balaban J connectivity index is 1.67. The van der Waals surface area contributed by atoms with Gasteiger partial charge in [-0.2, -0.15) is 0 Å². The zero-order valence-corrected chi connectivity index (χ0v) is 21.1. The highest BCUT2D eigenvalue weighted by Gasteiger charge is 2.28. The van der Waals surface area contributed by atoms with Gasteiger partial charge in [-0.1, -0.05) is 12.1 Å². The number of hydrogen-bond acceptors (Lipinski definition) is 8. The number of methoxy groups -OCH3 is 2. The number of benzene rings is 2. The molecule has 0 saturated heterocycles. The number of carbonyl (C=O) groups excluding carboxylic acids is 2. The number of para-hydroxylation sites is 2. The molecule has 0 radical (unpaired) electrons. The Morgan fingerprint density at radius 2 is 1.76 bits per heavy atom. The summed E-state index contributed by atoms with van der Waals surface area (Å²) >= 11 is 1.18. The lowest BCUT2D eigenvalue weighted by molar-refractivity contribution is 0.102. The molecule has 3 heterocycles. The summed E-state index contributed by atoms with van der Waals surface area (Å²) < 4.78 is 16.3. The fourth-order valence-corrected chi connectivity index (χ4v) is 5.30. The zero-order chi connectivity index (χ0) is 26.1. The van der Waals surface area contributed by atoms with Gasteiger partial charge in [0.2, 0.25) is 5.78 Å². The van der Waals surface area contributed by atoms with Crippen LogP contribution in [0.15, 0.2) is 71.3 Å². The SMILES string of the molecule is COc1ccc(C(=O)c2sc3nc(C)c(C(=O)Nc4ccccc4OC)c(-c4ccco4)c3c2N)cc1. The lowest BCUT2D eigenvalue weighted by Crippen LogP contribution is -2.16. The van der Waals surface area contributed by atoms with Crippen molar-refractivity contribution in [1.29, 1.82) is 0 Å². The van der Waals surface area contributed by atoms with Gasteiger partial charge in [0.1, 0.15) is 27.0 Å². The molecule has 8 nitrogen and oxygen atoms in total. The number of furan rings is 1. The lowest BCUT2D eigenvalue weighted by Gasteiger charge is -2.14. The van der Waals surface area contributed by atoms with E-state index in [-0.39, 0.29) is 11.5 Å². The van der Waals surface area contributed by atoms with Gasteiger partial charge in [-0.3, -0.25) is 9.59 Å². The van der Waals surface area contributed by atoms with Crippen LogP contribution in [0.25, 0.3) is 21.5 Å². The van der Waals surface area contributed by atoms with E-state index < -0.39 is 5.91 Å². The number of fused-ring (bicyclic) bond motifs is 1. The van der Waals surface area contributed by atoms with Gasteiger partial charge in [0.15, 0.2) is 0 Å². The van der Waals surface area contributed by atoms with Crippen LogP contribution < -0.4 is 20.5 Å². The number of ketones is 1. The molecular formula is C28H23N3O5S. The summed E-state index contributed by atoms with van der Waals surface area (Å²) in [6.07, 6.45) is 1.52. The molecule has 3 N–H and O–H groups in total. The van der Waals surface area contributed by atoms with Gasteiger partial charge in [-0.25, -0.2) is 4.98 Å². The molecule has 5 aromatic rings. The van der Waals surface area contributed by atoms with Crippen molar-refractivity contribution in [3.05, 3.63) is 88.6 Å². The number of aromatic nitrogens is 1. The van der Waals surface area contributed by atoms with Crippen molar-refractivity contribution < 1.29 is 23.5 Å². The van der Waals surface area contributed by atoms with Gasteiger partial charge in [0.05, 0.1) is 43.1 Å². The molecule has 1 amide bonds. The summed E-state index contributed by atoms with van der Waals surface area (Å²) in [6, 6.07) is 17.4. The number of amides is 1. The van der Waals surface area contributed by atoms with Crippen LogP contribution in [0.1, 0.15) is 31.3 Å². The first kappa shape index (κ1) is 24.1. The maximum Gasteiger partial charge on any atom is 0.258 e. The summed E-state index contributed by atoms with van der Waals surface area (Å²) in [5.41, 5.74) is 9.04. The fourth-order valence-electron chi connectivity index (χ4n) is 4.19. The Hall–Kier alpha value is -4.63. The minimum absolute atomic E-state index is 0.242. The molecule has 3 aromatic heterocycles. The van der Waals surface area contributed by atoms with Crippen molar-refractivity contribution in [2.24, 2.45) is 0 Å². The Morgan fingerprint density at radius 3 is 2.43 bits per heavy atom. The standard InChI is InChI=1S/C28H23N3O5S/c1-15-21(27(33)31-18-7-4-5-8-19(18)35-3)22(20-9-6-14-36-20)23-24(29)26(37-28(23)30-15)25(32)16-10-12-17(34-2)13-11-16/h4-14H,29H2,1-3H3,(H,31,33). The maximum atomic E-state index is 13.6. The Bertz CT molecular complexity index is 1620. The highest BCUT2D eigenvalue weighted by atomic mass is 32.1. The molecule has 2 aromatic carbocycles. The van der Waals surface area contributed by atoms with Crippen LogP contribution in [0, 0.1) is 6.92 Å². The molecule has 0 aliphatic heterocycles. The molecule has 0 unspecified atom stereocenters. The van der Waals surface area contributed by atoms with Crippen molar-refractivity contribution in [3.63, 3.8) is 0 Å². The summed E-state index contributed by atoms with van der Waals surface area (Å²) in [4.78, 5) is 32.6. The van der Waals surface area contributed by atoms with E-state index in [4.69, 9.17) is 19.6 Å². The van der Waals surface area contributed by atoms with Crippen molar-refractivity contribution >= 4 is 44.6 Å². The van der Waals surface area contributed by atoms with Crippen LogP contribution in [0.4, 0.5) is 11.4 Å². The average molecular weight is 514 g/mol. The van der Waals surface area contributed by atoms with E-state index in [1.165, 1.54) is 24.7 Å². The average Bonchev–Trinajstić information content (AvgIpc) is 3.56. The van der Waals surface area contributed by atoms with E-state index in [0.29, 0.717) is 60.4 Å². The van der Waals surface area contributed by atoms with Crippen molar-refractivity contribution in [2.75, 3.05) is 25.3 Å². The smallest absolute Gasteiger partial charge is 0.258 e. The normalized spacial score (nSPS) is 10.9. The van der Waals surface area contributed by atoms with Gasteiger partial charge in [0, 0.05) is 16.5 Å². The number of nitrogens with two attached hydrogens (primary N) is 1. The monoisotopic (exact) mass is 513 g/mol. The first-order valence-electron chi connectivity index (χ1n) is 11.3. The van der Waals surface area contributed by atoms with E-state index >= 15 is 0 Å². The van der Waals surface area contributed by atoms with Crippen LogP contribution in [0.3, 0.4) is 0 Å². The van der Waals surface area contributed by atoms with E-state index in [1.54, 1.807) is 68.6 Å². The summed E-state index contributed by atoms with van der Waals surface area (Å²) in [6.45, 7) is 1.74. The molecule has 0 aliphatic rings. The number of hydrogen-bond donors (Lipinski definition) is 2. The number of ether oxygens (including phenoxy) is 2. The highest BCUT2D eigenvalue weighted by molar-refractivity contribution is 7.21. The first-order chi connectivity index (χ1) is 17.9. The van der Waals surface area contributed by atoms with Crippen molar-refractivity contribution in [3.8, 4) is 22.8 Å². The third kappa shape index (κ3) is 4.30. The fraction of sp³-hybridized carbons (Fsp3) is 0.107. The maximum absolute atomic E-state index is 13.6. The highest BCUT2D eigenvalue weighted by Crippen LogP contribution is 2.43. The van der Waals surface area contributed by atoms with Crippen LogP contribution in [0.5, 0.6) is 11.5 Å². The quantitative estimate of drug-likeness (QED) is 0.258. The number of nitrogen functional groups attached to an aromatic ring is 1. The van der Waals surface area contributed by atoms with E-state index in [9.17, 15) is 9.59 Å². The second-order valence-electron chi connectivity index (χ2n) is 8.16. The molecule has 9 heteroatoms. The Morgan fingerprint density at radius 1 is 1.00 bits per heavy atom. The molecule has 0 fully saturated rings. The third-order valence-corrected chi connectivity index (χ3v) is 7.06. The topological polar surface area (TPSA) is 117 Å². The number of carbonyl (C=O) groups is 2. The van der Waals surface area contributed by atoms with Crippen LogP contribution in [0.2, 0.25) is 0 Å². The number of thiophene rings is 1. The second-order valence-corrected chi connectivity index (χ2v) is 9.16. The van der Waals surface area contributed by atoms with E-state index in [0.717, 1.165) is 0 Å². The predicted molar refractivity (Wildman–Crippen MR) is 144 cm³/mol. The molecule has 0 atom stereocenters. The predicted octanol–water partition coefficient (Wildman–Crippen LogP) is 5.95. The minimum Gasteiger partial charge on any atom is -0.497 e. The van der Waals surface area contributed by atoms with E-state index in [1.807, 2.05) is 6.07 Å². The first-order valence-corrected chi connectivity index (χ1v) is 12.1. The van der Waals surface area contributed by atoms with Gasteiger partial charge < -0.3 is 24.9 Å². The molecule has 37 heavy (non-hydrogen) atoms. The lowest BCUT2D eigenvalue weighted by atomic mass is 9.98. The summed E-state index contributed by atoms with van der Waals surface area (Å²) in [5, 5.41) is 3.40. The zero-order valence-electron chi connectivity index (χ0n) is 20.3. The number of pyridine rings is 1. The number of nitrogens with zero attached hydrogens (tertiary/aromatic N) is 1. The van der Waals surface area contributed by atoms with Crippen LogP contribution >= 0.6 is 11.3 Å². The molecule has 0 aliphatic carbocycles. The second kappa shape index (κ2) is 9.79. The Kier molecular flexibility index (Phi) is 6.37. The van der Waals surface area contributed by atoms with Crippen LogP contribution in [-0.2, 0) is 0 Å². The number of anilines is 2. The number of nitrogens with one attached hydrogen (secondary N) is 1. The Labute approximate surface area is 216 Å². The van der Waals surface area contributed by atoms with Gasteiger partial charge in [-0.15, -0.1) is 11.3 Å². The van der Waals surface area contributed by atoms with Gasteiger partial charge in [-0.05, 0) is 55.5 Å². The summed E-state index contributed by atoms with van der Waals surface area (Å²) in [7, 11) is 3.10. The molecule has 5 rings (SSSR count). The molecule has 0 saturated carbocycles. The minimum atomic E-state index is -0.406. The third-order valence-electron chi connectivity index (χ3n) is 5.97. The van der Waals surface area contributed by atoms with Crippen molar-refractivity contribution in [1.82, 2.24) is 4.98 Å². The molecule has 0 bridgehead atoms.